The Morgan fingerprint density at radius 2 is 2.00 bits per heavy atom. The summed E-state index contributed by atoms with van der Waals surface area (Å²) in [5.74, 6) is -0.519. The van der Waals surface area contributed by atoms with E-state index in [2.05, 4.69) is 9.71 Å². The van der Waals surface area contributed by atoms with Crippen molar-refractivity contribution < 1.29 is 16.8 Å². The molecule has 0 saturated carbocycles. The van der Waals surface area contributed by atoms with Crippen molar-refractivity contribution in [2.24, 2.45) is 10.9 Å². The molecule has 0 atom stereocenters. The van der Waals surface area contributed by atoms with Crippen LogP contribution in [0.25, 0.3) is 0 Å². The lowest BCUT2D eigenvalue weighted by Crippen LogP contribution is -2.32. The lowest BCUT2D eigenvalue weighted by atomic mass is 10.3. The van der Waals surface area contributed by atoms with Gasteiger partial charge in [-0.3, -0.25) is 4.98 Å². The monoisotopic (exact) mass is 324 g/mol. The molecule has 0 bridgehead atoms. The lowest BCUT2D eigenvalue weighted by molar-refractivity contribution is 0.581. The van der Waals surface area contributed by atoms with Crippen LogP contribution in [0.5, 0.6) is 0 Å². The number of rotatable bonds is 6. The Kier molecular flexibility index (Phi) is 4.92. The van der Waals surface area contributed by atoms with Gasteiger partial charge in [0.05, 0.1) is 5.75 Å². The summed E-state index contributed by atoms with van der Waals surface area (Å²) in [6.45, 7) is -0.354. The Bertz CT molecular complexity index is 684. The molecule has 0 aliphatic carbocycles. The number of aromatic nitrogens is 1. The van der Waals surface area contributed by atoms with E-state index in [0.717, 1.165) is 0 Å². The second-order valence-electron chi connectivity index (χ2n) is 3.48. The van der Waals surface area contributed by atoms with Gasteiger partial charge in [0.25, 0.3) is 0 Å². The van der Waals surface area contributed by atoms with Crippen LogP contribution in [0, 0.1) is 0 Å². The average Bonchev–Trinajstić information content (AvgIpc) is 2.27. The highest BCUT2D eigenvalue weighted by atomic mass is 32.2. The van der Waals surface area contributed by atoms with Gasteiger partial charge in [-0.1, -0.05) is 12.2 Å². The molecule has 11 heteroatoms. The van der Waals surface area contributed by atoms with Gasteiger partial charge >= 0.3 is 0 Å². The number of primary sulfonamides is 1. The predicted molar refractivity (Wildman–Crippen MR) is 73.3 cm³/mol. The van der Waals surface area contributed by atoms with Crippen molar-refractivity contribution in [3.05, 3.63) is 24.0 Å². The summed E-state index contributed by atoms with van der Waals surface area (Å²) in [6.07, 6.45) is 1.35. The van der Waals surface area contributed by atoms with Gasteiger partial charge < -0.3 is 5.73 Å². The highest BCUT2D eigenvalue weighted by Crippen LogP contribution is 2.12. The molecule has 0 amide bonds. The molecule has 0 fully saturated rings. The molecule has 1 rings (SSSR count). The van der Waals surface area contributed by atoms with Crippen molar-refractivity contribution in [2.75, 3.05) is 12.3 Å². The maximum absolute atomic E-state index is 11.9. The minimum atomic E-state index is -3.96. The molecule has 0 unspecified atom stereocenters. The fourth-order valence-corrected chi connectivity index (χ4v) is 3.13. The van der Waals surface area contributed by atoms with Gasteiger partial charge in [-0.25, -0.2) is 26.7 Å². The third kappa shape index (κ3) is 4.80. The molecule has 0 radical (unpaired) electrons. The molecule has 19 heavy (non-hydrogen) atoms. The zero-order valence-electron chi connectivity index (χ0n) is 9.61. The Morgan fingerprint density at radius 3 is 2.53 bits per heavy atom. The number of nitrogens with zero attached hydrogens (tertiary/aromatic N) is 1. The summed E-state index contributed by atoms with van der Waals surface area (Å²) >= 11 is 4.70. The lowest BCUT2D eigenvalue weighted by Gasteiger charge is -2.09. The highest BCUT2D eigenvalue weighted by Gasteiger charge is 2.20. The van der Waals surface area contributed by atoms with E-state index in [0.29, 0.717) is 0 Å². The van der Waals surface area contributed by atoms with Crippen LogP contribution in [-0.2, 0) is 20.0 Å². The van der Waals surface area contributed by atoms with E-state index < -0.39 is 25.8 Å². The van der Waals surface area contributed by atoms with Crippen molar-refractivity contribution in [1.29, 1.82) is 0 Å². The van der Waals surface area contributed by atoms with Crippen LogP contribution in [0.4, 0.5) is 0 Å². The summed E-state index contributed by atoms with van der Waals surface area (Å²) in [6, 6.07) is 2.66. The van der Waals surface area contributed by atoms with Crippen molar-refractivity contribution >= 4 is 37.3 Å². The summed E-state index contributed by atoms with van der Waals surface area (Å²) in [5, 5.41) is 4.77. The molecule has 1 heterocycles. The van der Waals surface area contributed by atoms with Crippen molar-refractivity contribution in [2.45, 2.75) is 4.90 Å². The molecule has 8 nitrogen and oxygen atoms in total. The van der Waals surface area contributed by atoms with E-state index in [1.54, 1.807) is 0 Å². The van der Waals surface area contributed by atoms with Gasteiger partial charge in [0, 0.05) is 12.7 Å². The predicted octanol–water partition coefficient (Wildman–Crippen LogP) is -1.72. The smallest absolute Gasteiger partial charge is 0.242 e. The van der Waals surface area contributed by atoms with Crippen LogP contribution in [0.1, 0.15) is 5.69 Å². The van der Waals surface area contributed by atoms with Crippen molar-refractivity contribution in [1.82, 2.24) is 9.71 Å². The van der Waals surface area contributed by atoms with Crippen LogP contribution in [0.2, 0.25) is 0 Å². The number of pyridine rings is 1. The van der Waals surface area contributed by atoms with E-state index >= 15 is 0 Å². The molecule has 1 aromatic rings. The zero-order valence-corrected chi connectivity index (χ0v) is 12.1. The van der Waals surface area contributed by atoms with E-state index in [4.69, 9.17) is 23.1 Å². The molecular formula is C8H12N4O4S3. The van der Waals surface area contributed by atoms with Crippen LogP contribution in [0.3, 0.4) is 0 Å². The van der Waals surface area contributed by atoms with E-state index in [1.165, 1.54) is 18.3 Å². The first-order valence-corrected chi connectivity index (χ1v) is 8.49. The number of sulfonamides is 2. The van der Waals surface area contributed by atoms with Gasteiger partial charge in [-0.2, -0.15) is 0 Å². The molecule has 106 valence electrons. The van der Waals surface area contributed by atoms with Gasteiger partial charge in [0.15, 0.2) is 0 Å². The minimum absolute atomic E-state index is 0.0550. The molecule has 0 aromatic carbocycles. The molecule has 0 spiro atoms. The van der Waals surface area contributed by atoms with Crippen molar-refractivity contribution in [3.8, 4) is 0 Å². The minimum Gasteiger partial charge on any atom is -0.388 e. The van der Waals surface area contributed by atoms with Gasteiger partial charge in [-0.15, -0.1) is 0 Å². The zero-order chi connectivity index (χ0) is 14.7. The van der Waals surface area contributed by atoms with Crippen molar-refractivity contribution in [3.63, 3.8) is 0 Å². The Balaban J connectivity index is 2.98. The Hall–Kier alpha value is -1.14. The number of hydrogen-bond acceptors (Lipinski definition) is 6. The number of nitrogens with two attached hydrogens (primary N) is 2. The number of hydrogen-bond donors (Lipinski definition) is 3. The average molecular weight is 324 g/mol. The first kappa shape index (κ1) is 15.9. The Morgan fingerprint density at radius 1 is 1.37 bits per heavy atom. The topological polar surface area (TPSA) is 145 Å². The molecular weight excluding hydrogens is 312 g/mol. The summed E-state index contributed by atoms with van der Waals surface area (Å²) in [5.41, 5.74) is 5.32. The van der Waals surface area contributed by atoms with Crippen LogP contribution in [-0.4, -0.2) is 39.1 Å². The number of nitrogens with one attached hydrogen (secondary N) is 1. The summed E-state index contributed by atoms with van der Waals surface area (Å²) in [7, 11) is -7.71. The van der Waals surface area contributed by atoms with Gasteiger partial charge in [0.1, 0.15) is 15.6 Å². The highest BCUT2D eigenvalue weighted by molar-refractivity contribution is 7.90. The largest absolute Gasteiger partial charge is 0.388 e. The van der Waals surface area contributed by atoms with E-state index in [-0.39, 0.29) is 22.1 Å². The SMILES string of the molecule is NC(=S)c1ncccc1S(=O)(=O)NCCS(N)(=O)=O. The second-order valence-corrected chi connectivity index (χ2v) is 7.39. The maximum atomic E-state index is 11.9. The van der Waals surface area contributed by atoms with E-state index in [1.807, 2.05) is 0 Å². The van der Waals surface area contributed by atoms with Crippen LogP contribution >= 0.6 is 12.2 Å². The molecule has 1 aromatic heterocycles. The molecule has 0 aliphatic rings. The molecule has 0 saturated heterocycles. The summed E-state index contributed by atoms with van der Waals surface area (Å²) < 4.78 is 47.4. The fourth-order valence-electron chi connectivity index (χ4n) is 1.19. The quantitative estimate of drug-likeness (QED) is 0.528. The number of thiocarbonyl (C=S) groups is 1. The fraction of sp³-hybridized carbons (Fsp3) is 0.250. The molecule has 5 N–H and O–H groups in total. The van der Waals surface area contributed by atoms with E-state index in [9.17, 15) is 16.8 Å². The van der Waals surface area contributed by atoms with Gasteiger partial charge in [-0.05, 0) is 12.1 Å². The first-order valence-electron chi connectivity index (χ1n) is 4.88. The molecule has 0 aliphatic heterocycles. The standard InChI is InChI=1S/C8H12N4O4S3/c9-8(17)7-6(2-1-3-11-7)19(15,16)12-4-5-18(10,13)14/h1-3,12H,4-5H2,(H2,9,17)(H2,10,13,14). The third-order valence-electron chi connectivity index (χ3n) is 1.97. The first-order chi connectivity index (χ1) is 8.63. The summed E-state index contributed by atoms with van der Waals surface area (Å²) in [4.78, 5) is 3.39. The normalized spacial score (nSPS) is 12.3. The maximum Gasteiger partial charge on any atom is 0.242 e. The van der Waals surface area contributed by atoms with Crippen LogP contribution in [0.15, 0.2) is 23.2 Å². The van der Waals surface area contributed by atoms with Gasteiger partial charge in [0.2, 0.25) is 20.0 Å². The third-order valence-corrected chi connectivity index (χ3v) is 4.43. The van der Waals surface area contributed by atoms with Crippen LogP contribution < -0.4 is 15.6 Å². The Labute approximate surface area is 116 Å². The second kappa shape index (κ2) is 5.88.